The van der Waals surface area contributed by atoms with Gasteiger partial charge in [0.2, 0.25) is 0 Å². The molecule has 0 radical (unpaired) electrons. The number of aromatic nitrogens is 3. The zero-order chi connectivity index (χ0) is 18.7. The van der Waals surface area contributed by atoms with Crippen LogP contribution in [0.25, 0.3) is 5.69 Å². The van der Waals surface area contributed by atoms with E-state index in [1.807, 2.05) is 4.57 Å². The first kappa shape index (κ1) is 18.6. The van der Waals surface area contributed by atoms with Crippen LogP contribution in [0.2, 0.25) is 0 Å². The molecule has 2 aromatic carbocycles. The van der Waals surface area contributed by atoms with Crippen molar-refractivity contribution in [3.05, 3.63) is 71.3 Å². The Morgan fingerprint density at radius 2 is 1.69 bits per heavy atom. The van der Waals surface area contributed by atoms with Crippen molar-refractivity contribution in [1.29, 1.82) is 0 Å². The molecule has 0 saturated heterocycles. The van der Waals surface area contributed by atoms with Crippen molar-refractivity contribution >= 4 is 11.8 Å². The van der Waals surface area contributed by atoms with Crippen LogP contribution in [0.3, 0.4) is 0 Å². The second-order valence-corrected chi connectivity index (χ2v) is 7.67. The molecule has 0 aliphatic heterocycles. The van der Waals surface area contributed by atoms with E-state index in [0.717, 1.165) is 22.4 Å². The normalized spacial score (nSPS) is 12.5. The molecule has 0 aliphatic carbocycles. The summed E-state index contributed by atoms with van der Waals surface area (Å²) >= 11 is 1.64. The quantitative estimate of drug-likeness (QED) is 0.676. The van der Waals surface area contributed by atoms with Gasteiger partial charge in [0.15, 0.2) is 11.0 Å². The minimum atomic E-state index is -0.247. The van der Waals surface area contributed by atoms with Crippen LogP contribution in [0.5, 0.6) is 0 Å². The Labute approximate surface area is 158 Å². The van der Waals surface area contributed by atoms with Crippen LogP contribution in [-0.2, 0) is 5.75 Å². The van der Waals surface area contributed by atoms with E-state index >= 15 is 0 Å². The maximum atomic E-state index is 13.4. The Hall–Kier alpha value is -2.18. The van der Waals surface area contributed by atoms with E-state index in [0.29, 0.717) is 0 Å². The van der Waals surface area contributed by atoms with Crippen molar-refractivity contribution in [2.75, 3.05) is 14.1 Å². The summed E-state index contributed by atoms with van der Waals surface area (Å²) in [5.41, 5.74) is 3.37. The first-order valence-electron chi connectivity index (χ1n) is 8.65. The maximum Gasteiger partial charge on any atom is 0.196 e. The van der Waals surface area contributed by atoms with E-state index in [4.69, 9.17) is 0 Å². The molecule has 4 nitrogen and oxygen atoms in total. The fourth-order valence-electron chi connectivity index (χ4n) is 2.58. The van der Waals surface area contributed by atoms with Crippen molar-refractivity contribution in [1.82, 2.24) is 14.8 Å². The van der Waals surface area contributed by atoms with E-state index < -0.39 is 0 Å². The number of quaternary nitrogens is 1. The average Bonchev–Trinajstić information content (AvgIpc) is 3.05. The van der Waals surface area contributed by atoms with Gasteiger partial charge in [-0.3, -0.25) is 4.57 Å². The lowest BCUT2D eigenvalue weighted by Crippen LogP contribution is -3.05. The maximum absolute atomic E-state index is 13.4. The third-order valence-electron chi connectivity index (χ3n) is 4.49. The Kier molecular flexibility index (Phi) is 5.74. The van der Waals surface area contributed by atoms with Gasteiger partial charge in [-0.2, -0.15) is 0 Å². The molecule has 6 heteroatoms. The highest BCUT2D eigenvalue weighted by Crippen LogP contribution is 2.27. The lowest BCUT2D eigenvalue weighted by molar-refractivity contribution is -0.890. The number of thioether (sulfide) groups is 1. The van der Waals surface area contributed by atoms with Gasteiger partial charge >= 0.3 is 0 Å². The minimum absolute atomic E-state index is 0.168. The molecule has 1 atom stereocenters. The summed E-state index contributed by atoms with van der Waals surface area (Å²) in [7, 11) is 4.18. The summed E-state index contributed by atoms with van der Waals surface area (Å²) < 4.78 is 15.4. The molecule has 0 unspecified atom stereocenters. The highest BCUT2D eigenvalue weighted by atomic mass is 32.2. The van der Waals surface area contributed by atoms with Crippen molar-refractivity contribution in [3.63, 3.8) is 0 Å². The molecule has 0 aliphatic rings. The Balaban J connectivity index is 1.93. The van der Waals surface area contributed by atoms with E-state index in [-0.39, 0.29) is 11.9 Å². The SMILES string of the molecule is Cc1ccc(CSc2nnc([C@H](C)[NH+](C)C)n2-c2ccc(F)cc2)cc1. The molecule has 3 aromatic rings. The molecule has 136 valence electrons. The molecular formula is C20H24FN4S+. The summed E-state index contributed by atoms with van der Waals surface area (Å²) in [6.07, 6.45) is 0. The van der Waals surface area contributed by atoms with Gasteiger partial charge in [0.1, 0.15) is 11.9 Å². The predicted molar refractivity (Wildman–Crippen MR) is 103 cm³/mol. The van der Waals surface area contributed by atoms with Gasteiger partial charge in [-0.1, -0.05) is 41.6 Å². The van der Waals surface area contributed by atoms with Crippen LogP contribution in [0.4, 0.5) is 4.39 Å². The molecule has 26 heavy (non-hydrogen) atoms. The average molecular weight is 372 g/mol. The van der Waals surface area contributed by atoms with Crippen LogP contribution < -0.4 is 4.90 Å². The number of rotatable bonds is 6. The second kappa shape index (κ2) is 8.01. The van der Waals surface area contributed by atoms with Crippen LogP contribution in [0.15, 0.2) is 53.7 Å². The summed E-state index contributed by atoms with van der Waals surface area (Å²) in [6.45, 7) is 4.20. The summed E-state index contributed by atoms with van der Waals surface area (Å²) in [5.74, 6) is 1.44. The summed E-state index contributed by atoms with van der Waals surface area (Å²) in [5, 5.41) is 9.68. The number of nitrogens with one attached hydrogen (secondary N) is 1. The number of aryl methyl sites for hydroxylation is 1. The molecular weight excluding hydrogens is 347 g/mol. The Morgan fingerprint density at radius 3 is 2.31 bits per heavy atom. The first-order valence-corrected chi connectivity index (χ1v) is 9.64. The zero-order valence-corrected chi connectivity index (χ0v) is 16.3. The van der Waals surface area contributed by atoms with Gasteiger partial charge in [-0.25, -0.2) is 4.39 Å². The standard InChI is InChI=1S/C20H23FN4S/c1-14-5-7-16(8-6-14)13-26-20-23-22-19(15(2)24(3)4)25(20)18-11-9-17(21)10-12-18/h5-12,15H,13H2,1-4H3/p+1/t15-/m0/s1. The molecule has 1 N–H and O–H groups in total. The van der Waals surface area contributed by atoms with Gasteiger partial charge < -0.3 is 4.90 Å². The number of nitrogens with zero attached hydrogens (tertiary/aromatic N) is 3. The summed E-state index contributed by atoms with van der Waals surface area (Å²) in [4.78, 5) is 1.26. The minimum Gasteiger partial charge on any atom is -0.331 e. The Bertz CT molecular complexity index is 857. The lowest BCUT2D eigenvalue weighted by Gasteiger charge is -2.18. The molecule has 0 fully saturated rings. The molecule has 1 heterocycles. The molecule has 3 rings (SSSR count). The van der Waals surface area contributed by atoms with E-state index in [2.05, 4.69) is 62.4 Å². The number of hydrogen-bond acceptors (Lipinski definition) is 3. The van der Waals surface area contributed by atoms with Crippen LogP contribution in [-0.4, -0.2) is 28.9 Å². The monoisotopic (exact) mass is 371 g/mol. The number of halogens is 1. The van der Waals surface area contributed by atoms with Gasteiger partial charge in [0.25, 0.3) is 0 Å². The van der Waals surface area contributed by atoms with Gasteiger partial charge in [0.05, 0.1) is 14.1 Å². The van der Waals surface area contributed by atoms with Gasteiger partial charge in [0, 0.05) is 11.4 Å². The van der Waals surface area contributed by atoms with Crippen LogP contribution in [0.1, 0.15) is 29.9 Å². The zero-order valence-electron chi connectivity index (χ0n) is 15.5. The largest absolute Gasteiger partial charge is 0.331 e. The number of benzene rings is 2. The Morgan fingerprint density at radius 1 is 1.04 bits per heavy atom. The van der Waals surface area contributed by atoms with Gasteiger partial charge in [-0.15, -0.1) is 10.2 Å². The van der Waals surface area contributed by atoms with Crippen LogP contribution in [0, 0.1) is 12.7 Å². The predicted octanol–water partition coefficient (Wildman–Crippen LogP) is 3.21. The van der Waals surface area contributed by atoms with Crippen molar-refractivity contribution in [2.45, 2.75) is 30.8 Å². The lowest BCUT2D eigenvalue weighted by atomic mass is 10.2. The smallest absolute Gasteiger partial charge is 0.196 e. The molecule has 0 saturated carbocycles. The molecule has 0 bridgehead atoms. The van der Waals surface area contributed by atoms with E-state index in [1.165, 1.54) is 28.2 Å². The van der Waals surface area contributed by atoms with E-state index in [1.54, 1.807) is 23.9 Å². The van der Waals surface area contributed by atoms with E-state index in [9.17, 15) is 4.39 Å². The second-order valence-electron chi connectivity index (χ2n) is 6.73. The fraction of sp³-hybridized carbons (Fsp3) is 0.300. The highest BCUT2D eigenvalue weighted by Gasteiger charge is 2.23. The third-order valence-corrected chi connectivity index (χ3v) is 5.49. The fourth-order valence-corrected chi connectivity index (χ4v) is 3.49. The van der Waals surface area contributed by atoms with Crippen molar-refractivity contribution < 1.29 is 9.29 Å². The van der Waals surface area contributed by atoms with Crippen molar-refractivity contribution in [3.8, 4) is 5.69 Å². The number of hydrogen-bond donors (Lipinski definition) is 1. The molecule has 1 aromatic heterocycles. The molecule has 0 spiro atoms. The third kappa shape index (κ3) is 4.14. The topological polar surface area (TPSA) is 35.2 Å². The summed E-state index contributed by atoms with van der Waals surface area (Å²) in [6, 6.07) is 15.2. The van der Waals surface area contributed by atoms with Gasteiger partial charge in [-0.05, 0) is 43.7 Å². The van der Waals surface area contributed by atoms with Crippen molar-refractivity contribution in [2.24, 2.45) is 0 Å². The first-order chi connectivity index (χ1) is 12.5. The highest BCUT2D eigenvalue weighted by molar-refractivity contribution is 7.98. The molecule has 0 amide bonds. The van der Waals surface area contributed by atoms with Crippen LogP contribution >= 0.6 is 11.8 Å².